The van der Waals surface area contributed by atoms with Crippen LogP contribution in [0.2, 0.25) is 0 Å². The van der Waals surface area contributed by atoms with Crippen molar-refractivity contribution in [2.45, 2.75) is 38.3 Å². The van der Waals surface area contributed by atoms with E-state index in [-0.39, 0.29) is 12.5 Å². The molecule has 1 amide bonds. The molecule has 1 unspecified atom stereocenters. The van der Waals surface area contributed by atoms with Crippen LogP contribution >= 0.6 is 0 Å². The highest BCUT2D eigenvalue weighted by Gasteiger charge is 2.31. The summed E-state index contributed by atoms with van der Waals surface area (Å²) in [5.74, 6) is 0.712. The van der Waals surface area contributed by atoms with E-state index in [1.54, 1.807) is 4.90 Å². The molecule has 144 valence electrons. The molecule has 0 bridgehead atoms. The summed E-state index contributed by atoms with van der Waals surface area (Å²) in [5.41, 5.74) is 0.651. The smallest absolute Gasteiger partial charge is 0.260 e. The highest BCUT2D eigenvalue weighted by atomic mass is 16.5. The Balaban J connectivity index is 1.46. The van der Waals surface area contributed by atoms with E-state index in [0.29, 0.717) is 32.1 Å². The number of β-amino-alcohol motifs (C(OH)–C–C–N with tert-alkyl or cyclic N) is 1. The van der Waals surface area contributed by atoms with Crippen LogP contribution < -0.4 is 4.74 Å². The summed E-state index contributed by atoms with van der Waals surface area (Å²) in [4.78, 5) is 16.2. The minimum atomic E-state index is -0.541. The normalized spacial score (nSPS) is 24.5. The van der Waals surface area contributed by atoms with Crippen molar-refractivity contribution in [1.29, 1.82) is 0 Å². The Morgan fingerprint density at radius 1 is 1.23 bits per heavy atom. The first-order chi connectivity index (χ1) is 12.6. The second kappa shape index (κ2) is 8.84. The van der Waals surface area contributed by atoms with Crippen LogP contribution in [0.3, 0.4) is 0 Å². The second-order valence-corrected chi connectivity index (χ2v) is 7.32. The summed E-state index contributed by atoms with van der Waals surface area (Å²) in [6.45, 7) is 7.18. The van der Waals surface area contributed by atoms with Crippen molar-refractivity contribution < 1.29 is 19.4 Å². The Morgan fingerprint density at radius 2 is 1.96 bits per heavy atom. The average Bonchev–Trinajstić information content (AvgIpc) is 2.68. The van der Waals surface area contributed by atoms with Crippen molar-refractivity contribution in [3.8, 4) is 5.75 Å². The molecular weight excluding hydrogens is 332 g/mol. The van der Waals surface area contributed by atoms with Crippen molar-refractivity contribution in [1.82, 2.24) is 9.80 Å². The van der Waals surface area contributed by atoms with E-state index in [9.17, 15) is 9.90 Å². The van der Waals surface area contributed by atoms with Crippen molar-refractivity contribution >= 4 is 5.91 Å². The number of carbonyl (C=O) groups excluding carboxylic acids is 1. The molecule has 3 rings (SSSR count). The van der Waals surface area contributed by atoms with Gasteiger partial charge in [0.2, 0.25) is 0 Å². The average molecular weight is 362 g/mol. The molecule has 0 radical (unpaired) electrons. The number of piperidine rings is 1. The topological polar surface area (TPSA) is 62.2 Å². The maximum Gasteiger partial charge on any atom is 0.260 e. The van der Waals surface area contributed by atoms with E-state index < -0.39 is 5.60 Å². The number of ether oxygens (including phenoxy) is 2. The minimum absolute atomic E-state index is 0.00421. The predicted molar refractivity (Wildman–Crippen MR) is 99.1 cm³/mol. The van der Waals surface area contributed by atoms with E-state index in [2.05, 4.69) is 4.90 Å². The molecule has 2 saturated heterocycles. The monoisotopic (exact) mass is 362 g/mol. The van der Waals surface area contributed by atoms with Gasteiger partial charge in [-0.3, -0.25) is 9.69 Å². The van der Waals surface area contributed by atoms with E-state index in [1.807, 2.05) is 31.2 Å². The number of hydrogen-bond acceptors (Lipinski definition) is 5. The van der Waals surface area contributed by atoms with Crippen LogP contribution in [0.5, 0.6) is 5.75 Å². The zero-order chi connectivity index (χ0) is 18.4. The van der Waals surface area contributed by atoms with E-state index in [1.165, 1.54) is 5.56 Å². The first-order valence-electron chi connectivity index (χ1n) is 9.60. The first-order valence-corrected chi connectivity index (χ1v) is 9.60. The lowest BCUT2D eigenvalue weighted by molar-refractivity contribution is -0.137. The number of hydrogen-bond donors (Lipinski definition) is 1. The zero-order valence-electron chi connectivity index (χ0n) is 15.7. The Morgan fingerprint density at radius 3 is 2.65 bits per heavy atom. The van der Waals surface area contributed by atoms with Gasteiger partial charge in [0.15, 0.2) is 6.61 Å². The Labute approximate surface area is 155 Å². The molecule has 1 aromatic rings. The quantitative estimate of drug-likeness (QED) is 0.834. The third-order valence-corrected chi connectivity index (χ3v) is 5.35. The van der Waals surface area contributed by atoms with E-state index >= 15 is 0 Å². The van der Waals surface area contributed by atoms with Crippen LogP contribution in [-0.2, 0) is 16.1 Å². The van der Waals surface area contributed by atoms with Crippen LogP contribution in [0.25, 0.3) is 0 Å². The molecular formula is C20H30N2O4. The fourth-order valence-electron chi connectivity index (χ4n) is 3.63. The number of nitrogens with zero attached hydrogens (tertiary/aromatic N) is 2. The van der Waals surface area contributed by atoms with Gasteiger partial charge in [-0.25, -0.2) is 0 Å². The number of rotatable bonds is 6. The number of carbonyl (C=O) groups is 1. The molecule has 2 fully saturated rings. The third kappa shape index (κ3) is 5.19. The maximum absolute atomic E-state index is 12.1. The maximum atomic E-state index is 12.1. The molecule has 1 atom stereocenters. The van der Waals surface area contributed by atoms with Gasteiger partial charge in [-0.15, -0.1) is 0 Å². The summed E-state index contributed by atoms with van der Waals surface area (Å²) in [7, 11) is 0. The van der Waals surface area contributed by atoms with Gasteiger partial charge in [-0.1, -0.05) is 19.1 Å². The Hall–Kier alpha value is -1.63. The number of likely N-dealkylation sites (tertiary alicyclic amines) is 1. The largest absolute Gasteiger partial charge is 0.484 e. The molecule has 0 spiro atoms. The Bertz CT molecular complexity index is 586. The predicted octanol–water partition coefficient (Wildman–Crippen LogP) is 1.66. The minimum Gasteiger partial charge on any atom is -0.484 e. The summed E-state index contributed by atoms with van der Waals surface area (Å²) in [6, 6.07) is 7.90. The zero-order valence-corrected chi connectivity index (χ0v) is 15.7. The molecule has 26 heavy (non-hydrogen) atoms. The van der Waals surface area contributed by atoms with Gasteiger partial charge in [-0.05, 0) is 43.5 Å². The third-order valence-electron chi connectivity index (χ3n) is 5.35. The van der Waals surface area contributed by atoms with Crippen LogP contribution in [0.15, 0.2) is 24.3 Å². The van der Waals surface area contributed by atoms with Crippen molar-refractivity contribution in [2.75, 3.05) is 46.0 Å². The molecule has 2 aliphatic rings. The fraction of sp³-hybridized carbons (Fsp3) is 0.650. The van der Waals surface area contributed by atoms with E-state index in [4.69, 9.17) is 9.47 Å². The van der Waals surface area contributed by atoms with Gasteiger partial charge < -0.3 is 19.5 Å². The van der Waals surface area contributed by atoms with Crippen LogP contribution in [0.1, 0.15) is 31.7 Å². The highest BCUT2D eigenvalue weighted by Crippen LogP contribution is 2.25. The number of morpholine rings is 1. The molecule has 1 N–H and O–H groups in total. The molecule has 0 aliphatic carbocycles. The van der Waals surface area contributed by atoms with Gasteiger partial charge in [0.05, 0.1) is 18.8 Å². The van der Waals surface area contributed by atoms with Gasteiger partial charge in [0.1, 0.15) is 5.75 Å². The summed E-state index contributed by atoms with van der Waals surface area (Å²) < 4.78 is 10.9. The van der Waals surface area contributed by atoms with Gasteiger partial charge in [0.25, 0.3) is 5.91 Å². The molecule has 0 saturated carbocycles. The van der Waals surface area contributed by atoms with Crippen LogP contribution in [0.4, 0.5) is 0 Å². The van der Waals surface area contributed by atoms with Crippen molar-refractivity contribution in [3.05, 3.63) is 29.8 Å². The SMILES string of the molecule is CCC1(O)CCCN(Cc2ccc(OCC(=O)N3CCOCC3)cc2)C1. The van der Waals surface area contributed by atoms with Crippen LogP contribution in [0, 0.1) is 0 Å². The standard InChI is InChI=1S/C20H30N2O4/c1-2-20(24)8-3-9-21(16-20)14-17-4-6-18(7-5-17)26-15-19(23)22-10-12-25-13-11-22/h4-7,24H,2-3,8-16H2,1H3. The van der Waals surface area contributed by atoms with Crippen molar-refractivity contribution in [2.24, 2.45) is 0 Å². The first kappa shape index (κ1) is 19.1. The molecule has 2 aliphatic heterocycles. The number of amides is 1. The molecule has 6 nitrogen and oxygen atoms in total. The number of aliphatic hydroxyl groups is 1. The molecule has 2 heterocycles. The Kier molecular flexibility index (Phi) is 6.51. The lowest BCUT2D eigenvalue weighted by atomic mass is 9.90. The summed E-state index contributed by atoms with van der Waals surface area (Å²) in [5, 5.41) is 10.5. The number of benzene rings is 1. The van der Waals surface area contributed by atoms with Gasteiger partial charge in [-0.2, -0.15) is 0 Å². The lowest BCUT2D eigenvalue weighted by Crippen LogP contribution is -2.47. The molecule has 0 aromatic heterocycles. The van der Waals surface area contributed by atoms with Crippen LogP contribution in [-0.4, -0.2) is 72.4 Å². The van der Waals surface area contributed by atoms with Crippen molar-refractivity contribution in [3.63, 3.8) is 0 Å². The fourth-order valence-corrected chi connectivity index (χ4v) is 3.63. The second-order valence-electron chi connectivity index (χ2n) is 7.32. The summed E-state index contributed by atoms with van der Waals surface area (Å²) >= 11 is 0. The summed E-state index contributed by atoms with van der Waals surface area (Å²) in [6.07, 6.45) is 2.73. The van der Waals surface area contributed by atoms with Gasteiger partial charge >= 0.3 is 0 Å². The highest BCUT2D eigenvalue weighted by molar-refractivity contribution is 5.77. The van der Waals surface area contributed by atoms with Gasteiger partial charge in [0, 0.05) is 26.2 Å². The molecule has 1 aromatic carbocycles. The molecule has 6 heteroatoms. The van der Waals surface area contributed by atoms with E-state index in [0.717, 1.165) is 38.9 Å². The lowest BCUT2D eigenvalue weighted by Gasteiger charge is -2.38.